The lowest BCUT2D eigenvalue weighted by Gasteiger charge is -2.09. The van der Waals surface area contributed by atoms with Crippen LogP contribution in [0.2, 0.25) is 0 Å². The van der Waals surface area contributed by atoms with E-state index in [1.165, 1.54) is 28.6 Å². The zero-order valence-electron chi connectivity index (χ0n) is 13.5. The summed E-state index contributed by atoms with van der Waals surface area (Å²) >= 11 is 1.30. The van der Waals surface area contributed by atoms with Crippen molar-refractivity contribution < 1.29 is 9.18 Å². The minimum absolute atomic E-state index is 0.00413. The number of hydrogen-bond acceptors (Lipinski definition) is 5. The summed E-state index contributed by atoms with van der Waals surface area (Å²) in [5, 5.41) is 11.7. The number of ketones is 1. The number of Topliss-reactive ketones (excluding diaryl/α,β-unsaturated/α-hetero) is 1. The number of carbonyl (C=O) groups excluding carboxylic acids is 1. The molecule has 0 radical (unpaired) electrons. The lowest BCUT2D eigenvalue weighted by Crippen LogP contribution is -2.06. The molecule has 6 nitrogen and oxygen atoms in total. The van der Waals surface area contributed by atoms with Gasteiger partial charge in [-0.1, -0.05) is 11.8 Å². The molecule has 0 fully saturated rings. The first-order chi connectivity index (χ1) is 11.5. The van der Waals surface area contributed by atoms with Gasteiger partial charge in [-0.15, -0.1) is 5.10 Å². The predicted octanol–water partition coefficient (Wildman–Crippen LogP) is 2.73. The largest absolute Gasteiger partial charge is 0.318 e. The lowest BCUT2D eigenvalue weighted by atomic mass is 10.2. The van der Waals surface area contributed by atoms with Gasteiger partial charge in [-0.2, -0.15) is 0 Å². The zero-order valence-corrected chi connectivity index (χ0v) is 14.3. The summed E-state index contributed by atoms with van der Waals surface area (Å²) in [5.74, 6) is -0.0299. The van der Waals surface area contributed by atoms with Crippen LogP contribution in [0.5, 0.6) is 0 Å². The first-order valence-corrected chi connectivity index (χ1v) is 8.29. The summed E-state index contributed by atoms with van der Waals surface area (Å²) in [6.45, 7) is 3.81. The van der Waals surface area contributed by atoms with E-state index in [1.807, 2.05) is 24.5 Å². The number of aromatic nitrogens is 5. The van der Waals surface area contributed by atoms with Crippen molar-refractivity contribution >= 4 is 17.5 Å². The summed E-state index contributed by atoms with van der Waals surface area (Å²) < 4.78 is 16.6. The molecule has 0 amide bonds. The molecule has 2 heterocycles. The summed E-state index contributed by atoms with van der Waals surface area (Å²) in [4.78, 5) is 12.6. The molecule has 1 aromatic carbocycles. The van der Waals surface area contributed by atoms with Crippen LogP contribution in [0.15, 0.2) is 35.5 Å². The number of halogens is 1. The molecule has 0 saturated carbocycles. The molecular formula is C16H16FN5OS. The molecule has 2 aromatic heterocycles. The van der Waals surface area contributed by atoms with Gasteiger partial charge < -0.3 is 4.57 Å². The molecule has 0 bridgehead atoms. The Morgan fingerprint density at radius 3 is 2.58 bits per heavy atom. The first kappa shape index (κ1) is 16.4. The average Bonchev–Trinajstić information content (AvgIpc) is 3.09. The van der Waals surface area contributed by atoms with E-state index in [2.05, 4.69) is 15.5 Å². The van der Waals surface area contributed by atoms with Crippen molar-refractivity contribution in [3.8, 4) is 5.69 Å². The number of carbonyl (C=O) groups is 1. The fourth-order valence-corrected chi connectivity index (χ4v) is 3.32. The van der Waals surface area contributed by atoms with Crippen molar-refractivity contribution in [2.75, 3.05) is 5.75 Å². The van der Waals surface area contributed by atoms with Crippen LogP contribution in [0.1, 0.15) is 21.7 Å². The maximum absolute atomic E-state index is 13.1. The third kappa shape index (κ3) is 3.09. The van der Waals surface area contributed by atoms with Crippen LogP contribution in [0.3, 0.4) is 0 Å². The van der Waals surface area contributed by atoms with Crippen LogP contribution in [-0.2, 0) is 7.05 Å². The van der Waals surface area contributed by atoms with Crippen LogP contribution in [0.25, 0.3) is 5.69 Å². The number of benzene rings is 1. The van der Waals surface area contributed by atoms with Crippen LogP contribution >= 0.6 is 11.8 Å². The monoisotopic (exact) mass is 345 g/mol. The molecule has 0 aliphatic heterocycles. The van der Waals surface area contributed by atoms with Gasteiger partial charge in [-0.3, -0.25) is 4.79 Å². The fourth-order valence-electron chi connectivity index (χ4n) is 2.58. The highest BCUT2D eigenvalue weighted by molar-refractivity contribution is 7.99. The van der Waals surface area contributed by atoms with Gasteiger partial charge in [0.25, 0.3) is 0 Å². The molecular weight excluding hydrogens is 329 g/mol. The van der Waals surface area contributed by atoms with Crippen molar-refractivity contribution in [1.29, 1.82) is 0 Å². The molecule has 0 unspecified atom stereocenters. The van der Waals surface area contributed by atoms with Crippen molar-refractivity contribution in [2.45, 2.75) is 19.0 Å². The second-order valence-corrected chi connectivity index (χ2v) is 6.34. The van der Waals surface area contributed by atoms with E-state index in [0.29, 0.717) is 10.7 Å². The summed E-state index contributed by atoms with van der Waals surface area (Å²) in [5.41, 5.74) is 3.24. The highest BCUT2D eigenvalue weighted by atomic mass is 32.2. The number of nitrogens with zero attached hydrogens (tertiary/aromatic N) is 5. The number of hydrogen-bond donors (Lipinski definition) is 0. The highest BCUT2D eigenvalue weighted by Gasteiger charge is 2.18. The Kier molecular flexibility index (Phi) is 4.48. The highest BCUT2D eigenvalue weighted by Crippen LogP contribution is 2.23. The number of aryl methyl sites for hydroxylation is 2. The number of thioether (sulfide) groups is 1. The molecule has 3 rings (SSSR count). The van der Waals surface area contributed by atoms with Crippen LogP contribution < -0.4 is 0 Å². The maximum Gasteiger partial charge on any atom is 0.209 e. The molecule has 3 aromatic rings. The Bertz CT molecular complexity index is 885. The quantitative estimate of drug-likeness (QED) is 0.525. The molecule has 0 aliphatic rings. The standard InChI is InChI=1S/C16H16FN5OS/c1-10-8-14(15(23)9-24-16-18-19-20-21(16)3)11(2)22(10)13-6-4-12(17)5-7-13/h4-8H,9H2,1-3H3. The van der Waals surface area contributed by atoms with Gasteiger partial charge in [0.15, 0.2) is 5.78 Å². The van der Waals surface area contributed by atoms with E-state index in [4.69, 9.17) is 0 Å². The topological polar surface area (TPSA) is 65.6 Å². The van der Waals surface area contributed by atoms with Gasteiger partial charge in [-0.25, -0.2) is 9.07 Å². The molecule has 0 N–H and O–H groups in total. The van der Waals surface area contributed by atoms with Crippen LogP contribution in [0, 0.1) is 19.7 Å². The molecule has 0 aliphatic carbocycles. The van der Waals surface area contributed by atoms with Crippen molar-refractivity contribution in [3.63, 3.8) is 0 Å². The minimum atomic E-state index is -0.286. The Labute approximate surface area is 142 Å². The molecule has 8 heteroatoms. The SMILES string of the molecule is Cc1cc(C(=O)CSc2nnnn2C)c(C)n1-c1ccc(F)cc1. The van der Waals surface area contributed by atoms with Gasteiger partial charge >= 0.3 is 0 Å². The van der Waals surface area contributed by atoms with E-state index in [0.717, 1.165) is 17.1 Å². The van der Waals surface area contributed by atoms with Crippen molar-refractivity contribution in [1.82, 2.24) is 24.8 Å². The smallest absolute Gasteiger partial charge is 0.209 e. The predicted molar refractivity (Wildman–Crippen MR) is 89.1 cm³/mol. The fraction of sp³-hybridized carbons (Fsp3) is 0.250. The van der Waals surface area contributed by atoms with Gasteiger partial charge in [-0.05, 0) is 54.6 Å². The molecule has 0 saturated heterocycles. The minimum Gasteiger partial charge on any atom is -0.318 e. The Hall–Kier alpha value is -2.48. The summed E-state index contributed by atoms with van der Waals surface area (Å²) in [6.07, 6.45) is 0. The third-order valence-corrected chi connectivity index (χ3v) is 4.74. The van der Waals surface area contributed by atoms with Crippen molar-refractivity contribution in [3.05, 3.63) is 53.1 Å². The average molecular weight is 345 g/mol. The Balaban J connectivity index is 1.84. The molecule has 124 valence electrons. The molecule has 0 atom stereocenters. The van der Waals surface area contributed by atoms with E-state index in [-0.39, 0.29) is 17.4 Å². The van der Waals surface area contributed by atoms with Crippen LogP contribution in [-0.4, -0.2) is 36.3 Å². The zero-order chi connectivity index (χ0) is 17.3. The van der Waals surface area contributed by atoms with Crippen LogP contribution in [0.4, 0.5) is 4.39 Å². The van der Waals surface area contributed by atoms with E-state index >= 15 is 0 Å². The second-order valence-electron chi connectivity index (χ2n) is 5.39. The summed E-state index contributed by atoms with van der Waals surface area (Å²) in [6, 6.07) is 8.07. The normalized spacial score (nSPS) is 11.0. The lowest BCUT2D eigenvalue weighted by molar-refractivity contribution is 0.102. The number of rotatable bonds is 5. The van der Waals surface area contributed by atoms with E-state index in [9.17, 15) is 9.18 Å². The molecule has 24 heavy (non-hydrogen) atoms. The second kappa shape index (κ2) is 6.56. The molecule has 0 spiro atoms. The first-order valence-electron chi connectivity index (χ1n) is 7.30. The Morgan fingerprint density at radius 1 is 1.25 bits per heavy atom. The number of tetrazole rings is 1. The maximum atomic E-state index is 13.1. The van der Waals surface area contributed by atoms with Gasteiger partial charge in [0, 0.05) is 29.7 Å². The Morgan fingerprint density at radius 2 is 1.96 bits per heavy atom. The van der Waals surface area contributed by atoms with E-state index in [1.54, 1.807) is 19.2 Å². The van der Waals surface area contributed by atoms with Gasteiger partial charge in [0.1, 0.15) is 5.82 Å². The van der Waals surface area contributed by atoms with Crippen molar-refractivity contribution in [2.24, 2.45) is 7.05 Å². The van der Waals surface area contributed by atoms with Gasteiger partial charge in [0.2, 0.25) is 5.16 Å². The van der Waals surface area contributed by atoms with Gasteiger partial charge in [0.05, 0.1) is 5.75 Å². The third-order valence-electron chi connectivity index (χ3n) is 3.73. The summed E-state index contributed by atoms with van der Waals surface area (Å²) in [7, 11) is 1.73. The van der Waals surface area contributed by atoms with E-state index < -0.39 is 0 Å².